The third-order valence-electron chi connectivity index (χ3n) is 2.61. The van der Waals surface area contributed by atoms with E-state index in [0.717, 1.165) is 25.8 Å². The van der Waals surface area contributed by atoms with E-state index >= 15 is 0 Å². The van der Waals surface area contributed by atoms with Gasteiger partial charge in [0, 0.05) is 14.5 Å². The summed E-state index contributed by atoms with van der Waals surface area (Å²) in [6.07, 6.45) is 0. The largest absolute Gasteiger partial charge is 0.496 e. The Morgan fingerprint density at radius 1 is 1.06 bits per heavy atom. The molecule has 1 unspecified atom stereocenters. The van der Waals surface area contributed by atoms with Gasteiger partial charge in [0.2, 0.25) is 0 Å². The quantitative estimate of drug-likeness (QED) is 0.625. The van der Waals surface area contributed by atoms with Gasteiger partial charge in [-0.15, -0.1) is 11.6 Å². The van der Waals surface area contributed by atoms with Crippen molar-refractivity contribution in [1.29, 1.82) is 0 Å². The van der Waals surface area contributed by atoms with Gasteiger partial charge in [-0.05, 0) is 35.9 Å². The first-order chi connectivity index (χ1) is 8.61. The lowest BCUT2D eigenvalue weighted by molar-refractivity contribution is 0.410. The van der Waals surface area contributed by atoms with Crippen molar-refractivity contribution < 1.29 is 4.74 Å². The van der Waals surface area contributed by atoms with Gasteiger partial charge in [0.15, 0.2) is 0 Å². The van der Waals surface area contributed by atoms with Crippen LogP contribution in [0.2, 0.25) is 0 Å². The van der Waals surface area contributed by atoms with Crippen LogP contribution >= 0.6 is 43.5 Å². The van der Waals surface area contributed by atoms with Gasteiger partial charge in [0.25, 0.3) is 0 Å². The van der Waals surface area contributed by atoms with E-state index < -0.39 is 0 Å². The minimum Gasteiger partial charge on any atom is -0.496 e. The minimum absolute atomic E-state index is 0.241. The molecule has 0 amide bonds. The maximum absolute atomic E-state index is 6.54. The molecule has 0 aliphatic carbocycles. The lowest BCUT2D eigenvalue weighted by atomic mass is 10.0. The maximum Gasteiger partial charge on any atom is 0.123 e. The van der Waals surface area contributed by atoms with Crippen molar-refractivity contribution in [2.75, 3.05) is 7.11 Å². The second kappa shape index (κ2) is 6.09. The van der Waals surface area contributed by atoms with Gasteiger partial charge >= 0.3 is 0 Å². The molecule has 0 bridgehead atoms. The summed E-state index contributed by atoms with van der Waals surface area (Å²) in [6, 6.07) is 13.8. The second-order valence-electron chi connectivity index (χ2n) is 3.80. The number of rotatable bonds is 3. The van der Waals surface area contributed by atoms with Crippen LogP contribution in [0.15, 0.2) is 51.4 Å². The van der Waals surface area contributed by atoms with E-state index in [2.05, 4.69) is 31.9 Å². The monoisotopic (exact) mass is 388 g/mol. The molecular formula is C14H11Br2ClO. The zero-order valence-corrected chi connectivity index (χ0v) is 13.6. The molecule has 0 saturated heterocycles. The highest BCUT2D eigenvalue weighted by Crippen LogP contribution is 2.37. The molecule has 0 saturated carbocycles. The summed E-state index contributed by atoms with van der Waals surface area (Å²) in [6.45, 7) is 0. The smallest absolute Gasteiger partial charge is 0.123 e. The molecule has 0 spiro atoms. The van der Waals surface area contributed by atoms with Crippen molar-refractivity contribution in [2.24, 2.45) is 0 Å². The Balaban J connectivity index is 2.44. The molecule has 2 aromatic rings. The average Bonchev–Trinajstić information content (AvgIpc) is 2.38. The molecule has 94 valence electrons. The fraction of sp³-hybridized carbons (Fsp3) is 0.143. The molecule has 0 heterocycles. The van der Waals surface area contributed by atoms with E-state index in [1.54, 1.807) is 7.11 Å². The van der Waals surface area contributed by atoms with Crippen LogP contribution < -0.4 is 4.74 Å². The highest BCUT2D eigenvalue weighted by atomic mass is 79.9. The first-order valence-electron chi connectivity index (χ1n) is 5.35. The Hall–Kier alpha value is -0.510. The van der Waals surface area contributed by atoms with Gasteiger partial charge in [-0.1, -0.05) is 44.0 Å². The highest BCUT2D eigenvalue weighted by molar-refractivity contribution is 9.10. The molecule has 0 aliphatic heterocycles. The Labute approximate surface area is 128 Å². The van der Waals surface area contributed by atoms with E-state index in [-0.39, 0.29) is 5.38 Å². The highest BCUT2D eigenvalue weighted by Gasteiger charge is 2.16. The third kappa shape index (κ3) is 3.08. The van der Waals surface area contributed by atoms with E-state index in [1.807, 2.05) is 42.5 Å². The summed E-state index contributed by atoms with van der Waals surface area (Å²) in [5, 5.41) is -0.241. The summed E-state index contributed by atoms with van der Waals surface area (Å²) in [5.74, 6) is 0.790. The zero-order chi connectivity index (χ0) is 13.1. The Morgan fingerprint density at radius 3 is 2.44 bits per heavy atom. The van der Waals surface area contributed by atoms with Crippen LogP contribution in [0.3, 0.4) is 0 Å². The normalized spacial score (nSPS) is 12.2. The first-order valence-corrected chi connectivity index (χ1v) is 7.37. The number of ether oxygens (including phenoxy) is 1. The fourth-order valence-corrected chi connectivity index (χ4v) is 2.85. The van der Waals surface area contributed by atoms with E-state index in [4.69, 9.17) is 16.3 Å². The molecule has 1 atom stereocenters. The number of halogens is 3. The first kappa shape index (κ1) is 13.9. The van der Waals surface area contributed by atoms with Crippen molar-refractivity contribution in [3.63, 3.8) is 0 Å². The number of hydrogen-bond acceptors (Lipinski definition) is 1. The van der Waals surface area contributed by atoms with Crippen LogP contribution in [0, 0.1) is 0 Å². The van der Waals surface area contributed by atoms with Crippen molar-refractivity contribution in [2.45, 2.75) is 5.38 Å². The van der Waals surface area contributed by atoms with Gasteiger partial charge in [0.05, 0.1) is 12.5 Å². The van der Waals surface area contributed by atoms with Gasteiger partial charge in [0.1, 0.15) is 5.75 Å². The van der Waals surface area contributed by atoms with Crippen LogP contribution in [0.4, 0.5) is 0 Å². The van der Waals surface area contributed by atoms with Crippen molar-refractivity contribution >= 4 is 43.5 Å². The van der Waals surface area contributed by atoms with Crippen LogP contribution in [0.25, 0.3) is 0 Å². The summed E-state index contributed by atoms with van der Waals surface area (Å²) in [4.78, 5) is 0. The van der Waals surface area contributed by atoms with Crippen LogP contribution in [0.5, 0.6) is 5.75 Å². The lowest BCUT2D eigenvalue weighted by Crippen LogP contribution is -1.97. The maximum atomic E-state index is 6.54. The number of benzene rings is 2. The van der Waals surface area contributed by atoms with E-state index in [1.165, 1.54) is 0 Å². The molecule has 0 fully saturated rings. The minimum atomic E-state index is -0.241. The van der Waals surface area contributed by atoms with Gasteiger partial charge < -0.3 is 4.74 Å². The van der Waals surface area contributed by atoms with Gasteiger partial charge in [-0.25, -0.2) is 0 Å². The number of methoxy groups -OCH3 is 1. The zero-order valence-electron chi connectivity index (χ0n) is 9.66. The Kier molecular flexibility index (Phi) is 4.71. The van der Waals surface area contributed by atoms with Crippen LogP contribution in [-0.4, -0.2) is 7.11 Å². The van der Waals surface area contributed by atoms with Crippen LogP contribution in [-0.2, 0) is 0 Å². The van der Waals surface area contributed by atoms with Gasteiger partial charge in [-0.3, -0.25) is 0 Å². The molecule has 1 nitrogen and oxygen atoms in total. The topological polar surface area (TPSA) is 9.23 Å². The summed E-state index contributed by atoms with van der Waals surface area (Å²) in [7, 11) is 1.65. The predicted octanol–water partition coefficient (Wildman–Crippen LogP) is 5.55. The van der Waals surface area contributed by atoms with E-state index in [9.17, 15) is 0 Å². The summed E-state index contributed by atoms with van der Waals surface area (Å²) in [5.41, 5.74) is 1.98. The van der Waals surface area contributed by atoms with Crippen molar-refractivity contribution in [3.05, 3.63) is 62.5 Å². The van der Waals surface area contributed by atoms with E-state index in [0.29, 0.717) is 0 Å². The number of hydrogen-bond donors (Lipinski definition) is 0. The molecule has 0 aliphatic rings. The third-order valence-corrected chi connectivity index (χ3v) is 4.08. The van der Waals surface area contributed by atoms with Crippen LogP contribution in [0.1, 0.15) is 16.5 Å². The van der Waals surface area contributed by atoms with Gasteiger partial charge in [-0.2, -0.15) is 0 Å². The molecule has 0 aromatic heterocycles. The molecular weight excluding hydrogens is 379 g/mol. The SMILES string of the molecule is COc1ccc(Br)cc1C(Cl)c1cccc(Br)c1. The van der Waals surface area contributed by atoms with Crippen molar-refractivity contribution in [3.8, 4) is 5.75 Å². The Bertz CT molecular complexity index is 557. The molecule has 0 N–H and O–H groups in total. The fourth-order valence-electron chi connectivity index (χ4n) is 1.75. The molecule has 4 heteroatoms. The molecule has 2 rings (SSSR count). The van der Waals surface area contributed by atoms with Crippen molar-refractivity contribution in [1.82, 2.24) is 0 Å². The summed E-state index contributed by atoms with van der Waals surface area (Å²) >= 11 is 13.4. The average molecular weight is 391 g/mol. The molecule has 2 aromatic carbocycles. The second-order valence-corrected chi connectivity index (χ2v) is 6.07. The standard InChI is InChI=1S/C14H11Br2ClO/c1-18-13-6-5-11(16)8-12(13)14(17)9-3-2-4-10(15)7-9/h2-8,14H,1H3. The predicted molar refractivity (Wildman–Crippen MR) is 82.5 cm³/mol. The molecule has 18 heavy (non-hydrogen) atoms. The lowest BCUT2D eigenvalue weighted by Gasteiger charge is -2.15. The number of alkyl halides is 1. The molecule has 0 radical (unpaired) electrons. The Morgan fingerprint density at radius 2 is 1.78 bits per heavy atom. The summed E-state index contributed by atoms with van der Waals surface area (Å²) < 4.78 is 7.35.